The number of fused-ring (bicyclic) bond motifs is 2. The monoisotopic (exact) mass is 552 g/mol. The smallest absolute Gasteiger partial charge is 0.0293 e. The summed E-state index contributed by atoms with van der Waals surface area (Å²) in [5.74, 6) is 0. The van der Waals surface area contributed by atoms with E-state index in [9.17, 15) is 0 Å². The van der Waals surface area contributed by atoms with Gasteiger partial charge in [-0.1, -0.05) is 149 Å². The first-order valence-corrected chi connectivity index (χ1v) is 16.1. The van der Waals surface area contributed by atoms with Crippen LogP contribution in [0.4, 0.5) is 0 Å². The van der Waals surface area contributed by atoms with Gasteiger partial charge >= 0.3 is 0 Å². The second-order valence-corrected chi connectivity index (χ2v) is 14.6. The molecule has 0 aromatic heterocycles. The lowest BCUT2D eigenvalue weighted by Gasteiger charge is -2.68. The van der Waals surface area contributed by atoms with E-state index in [1.807, 2.05) is 0 Å². The maximum absolute atomic E-state index is 2.99. The average molecular weight is 553 g/mol. The average Bonchev–Trinajstić information content (AvgIpc) is 3.20. The molecular formula is C40H44N2. The zero-order valence-electron chi connectivity index (χ0n) is 25.6. The van der Waals surface area contributed by atoms with Crippen LogP contribution in [0.15, 0.2) is 121 Å². The lowest BCUT2D eigenvalue weighted by Crippen LogP contribution is -2.74. The molecule has 2 saturated carbocycles. The second-order valence-electron chi connectivity index (χ2n) is 14.6. The highest BCUT2D eigenvalue weighted by Gasteiger charge is 2.86. The van der Waals surface area contributed by atoms with Crippen LogP contribution in [0, 0.1) is 10.8 Å². The van der Waals surface area contributed by atoms with Gasteiger partial charge in [-0.15, -0.1) is 0 Å². The van der Waals surface area contributed by atoms with Crippen molar-refractivity contribution < 1.29 is 0 Å². The summed E-state index contributed by atoms with van der Waals surface area (Å²) in [4.78, 5) is 5.98. The zero-order chi connectivity index (χ0) is 28.7. The molecule has 4 aliphatic rings. The summed E-state index contributed by atoms with van der Waals surface area (Å²) in [6, 6.07) is 48.0. The molecule has 214 valence electrons. The first kappa shape index (κ1) is 26.4. The minimum Gasteiger partial charge on any atom is -0.292 e. The van der Waals surface area contributed by atoms with Crippen LogP contribution in [-0.4, -0.2) is 34.0 Å². The summed E-state index contributed by atoms with van der Waals surface area (Å²) in [6.45, 7) is 12.6. The van der Waals surface area contributed by atoms with Crippen molar-refractivity contribution in [1.29, 1.82) is 0 Å². The van der Waals surface area contributed by atoms with E-state index in [-0.39, 0.29) is 21.7 Å². The van der Waals surface area contributed by atoms with Crippen LogP contribution in [0.2, 0.25) is 0 Å². The molecule has 0 amide bonds. The highest BCUT2D eigenvalue weighted by atomic mass is 15.4. The summed E-state index contributed by atoms with van der Waals surface area (Å²) < 4.78 is 0. The van der Waals surface area contributed by atoms with Gasteiger partial charge in [0.05, 0.1) is 0 Å². The fourth-order valence-electron chi connectivity index (χ4n) is 11.6. The molecule has 2 heteroatoms. The molecule has 4 bridgehead atoms. The third-order valence-corrected chi connectivity index (χ3v) is 12.7. The number of hydrogen-bond donors (Lipinski definition) is 0. The maximum atomic E-state index is 2.99. The molecule has 2 nitrogen and oxygen atoms in total. The Kier molecular flexibility index (Phi) is 5.76. The first-order valence-electron chi connectivity index (χ1n) is 16.1. The number of likely N-dealkylation sites (tertiary alicyclic amines) is 2. The Morgan fingerprint density at radius 1 is 0.452 bits per heavy atom. The minimum atomic E-state index is -0.0452. The Morgan fingerprint density at radius 3 is 1.10 bits per heavy atom. The van der Waals surface area contributed by atoms with E-state index in [2.05, 4.69) is 159 Å². The van der Waals surface area contributed by atoms with E-state index >= 15 is 0 Å². The van der Waals surface area contributed by atoms with Crippen LogP contribution in [0.25, 0.3) is 0 Å². The normalized spacial score (nSPS) is 34.1. The van der Waals surface area contributed by atoms with E-state index in [0.29, 0.717) is 24.2 Å². The molecule has 2 saturated heterocycles. The van der Waals surface area contributed by atoms with Crippen LogP contribution in [-0.2, 0) is 23.9 Å². The predicted octanol–water partition coefficient (Wildman–Crippen LogP) is 8.23. The molecule has 0 N–H and O–H groups in total. The molecule has 8 rings (SSSR count). The van der Waals surface area contributed by atoms with Gasteiger partial charge in [0.15, 0.2) is 0 Å². The Hall–Kier alpha value is -3.20. The summed E-state index contributed by atoms with van der Waals surface area (Å²) in [5.41, 5.74) is 6.02. The lowest BCUT2D eigenvalue weighted by atomic mass is 9.33. The van der Waals surface area contributed by atoms with E-state index in [4.69, 9.17) is 0 Å². The van der Waals surface area contributed by atoms with Crippen LogP contribution in [0.1, 0.15) is 62.8 Å². The summed E-state index contributed by atoms with van der Waals surface area (Å²) in [6.07, 6.45) is 2.40. The lowest BCUT2D eigenvalue weighted by molar-refractivity contribution is -0.0604. The van der Waals surface area contributed by atoms with Crippen LogP contribution in [0.5, 0.6) is 0 Å². The topological polar surface area (TPSA) is 6.48 Å². The van der Waals surface area contributed by atoms with Gasteiger partial charge in [-0.25, -0.2) is 0 Å². The number of rotatable bonds is 6. The van der Waals surface area contributed by atoms with Crippen LogP contribution in [0.3, 0.4) is 0 Å². The van der Waals surface area contributed by atoms with Crippen LogP contribution < -0.4 is 0 Å². The van der Waals surface area contributed by atoms with Crippen molar-refractivity contribution in [2.45, 2.75) is 88.6 Å². The summed E-state index contributed by atoms with van der Waals surface area (Å²) in [5, 5.41) is 0. The molecule has 6 unspecified atom stereocenters. The van der Waals surface area contributed by atoms with Crippen molar-refractivity contribution in [2.75, 3.05) is 0 Å². The molecule has 4 fully saturated rings. The molecule has 0 radical (unpaired) electrons. The van der Waals surface area contributed by atoms with Gasteiger partial charge in [0.1, 0.15) is 0 Å². The SMILES string of the molecule is CC1(C)C2CC3N(Cc4ccccc4)C4CC(N2Cc2ccccc2)C1(c1ccccc1)C3(c1ccccc1)C4(C)C. The predicted molar refractivity (Wildman–Crippen MR) is 172 cm³/mol. The number of nitrogens with zero attached hydrogens (tertiary/aromatic N) is 2. The minimum absolute atomic E-state index is 0.0452. The third kappa shape index (κ3) is 3.08. The fourth-order valence-corrected chi connectivity index (χ4v) is 11.6. The van der Waals surface area contributed by atoms with Crippen molar-refractivity contribution in [3.05, 3.63) is 144 Å². The van der Waals surface area contributed by atoms with E-state index < -0.39 is 0 Å². The molecule has 2 aliphatic carbocycles. The molecule has 4 aromatic carbocycles. The van der Waals surface area contributed by atoms with Crippen molar-refractivity contribution in [1.82, 2.24) is 9.80 Å². The Labute approximate surface area is 252 Å². The molecule has 2 aliphatic heterocycles. The van der Waals surface area contributed by atoms with Gasteiger partial charge in [-0.2, -0.15) is 0 Å². The van der Waals surface area contributed by atoms with Gasteiger partial charge in [-0.05, 0) is 45.9 Å². The quantitative estimate of drug-likeness (QED) is 0.238. The molecule has 0 spiro atoms. The zero-order valence-corrected chi connectivity index (χ0v) is 25.6. The third-order valence-electron chi connectivity index (χ3n) is 12.7. The standard InChI is InChI=1S/C40H44N2/c1-37(2)33-25-36-40(32-23-15-8-16-24-32)38(3,4)34(42(36)28-30-19-11-6-12-20-30)26-35(39(37,40)31-21-13-7-14-22-31)41(33)27-29-17-9-5-10-18-29/h5-24,33-36H,25-28H2,1-4H3. The largest absolute Gasteiger partial charge is 0.292 e. The number of benzene rings is 4. The van der Waals surface area contributed by atoms with Gasteiger partial charge in [-0.3, -0.25) is 9.80 Å². The van der Waals surface area contributed by atoms with Gasteiger partial charge in [0.2, 0.25) is 0 Å². The Bertz CT molecular complexity index is 1440. The first-order chi connectivity index (χ1) is 20.3. The van der Waals surface area contributed by atoms with Crippen molar-refractivity contribution >= 4 is 0 Å². The Morgan fingerprint density at radius 2 is 0.762 bits per heavy atom. The Balaban J connectivity index is 1.43. The molecule has 6 atom stereocenters. The van der Waals surface area contributed by atoms with E-state index in [1.165, 1.54) is 24.0 Å². The number of hydrogen-bond acceptors (Lipinski definition) is 2. The highest BCUT2D eigenvalue weighted by molar-refractivity contribution is 5.56. The molecule has 2 heterocycles. The molecule has 42 heavy (non-hydrogen) atoms. The van der Waals surface area contributed by atoms with Gasteiger partial charge in [0.25, 0.3) is 0 Å². The summed E-state index contributed by atoms with van der Waals surface area (Å²) in [7, 11) is 0. The van der Waals surface area contributed by atoms with Crippen LogP contribution >= 0.6 is 0 Å². The van der Waals surface area contributed by atoms with Gasteiger partial charge < -0.3 is 0 Å². The van der Waals surface area contributed by atoms with Crippen molar-refractivity contribution in [3.8, 4) is 0 Å². The highest BCUT2D eigenvalue weighted by Crippen LogP contribution is 2.80. The molecular weight excluding hydrogens is 508 g/mol. The maximum Gasteiger partial charge on any atom is 0.0293 e. The molecule has 4 aromatic rings. The van der Waals surface area contributed by atoms with Crippen molar-refractivity contribution in [3.63, 3.8) is 0 Å². The summed E-state index contributed by atoms with van der Waals surface area (Å²) >= 11 is 0. The fraction of sp³-hybridized carbons (Fsp3) is 0.400. The second kappa shape index (κ2) is 9.15. The van der Waals surface area contributed by atoms with Crippen molar-refractivity contribution in [2.24, 2.45) is 10.8 Å². The van der Waals surface area contributed by atoms with E-state index in [0.717, 1.165) is 13.1 Å². The van der Waals surface area contributed by atoms with Gasteiger partial charge in [0, 0.05) is 48.1 Å². The van der Waals surface area contributed by atoms with E-state index in [1.54, 1.807) is 11.1 Å².